The van der Waals surface area contributed by atoms with Gasteiger partial charge in [0.2, 0.25) is 0 Å². The fourth-order valence-corrected chi connectivity index (χ4v) is 2.60. The van der Waals surface area contributed by atoms with Gasteiger partial charge in [-0.05, 0) is 19.3 Å². The van der Waals surface area contributed by atoms with Gasteiger partial charge in [-0.3, -0.25) is 9.59 Å². The molecule has 0 aromatic rings. The summed E-state index contributed by atoms with van der Waals surface area (Å²) in [5.74, 6) is -0.619. The normalized spacial score (nSPS) is 18.7. The number of Topliss-reactive ketones (excluding diaryl/α,β-unsaturated/α-hetero) is 1. The van der Waals surface area contributed by atoms with Gasteiger partial charge in [0.1, 0.15) is 11.7 Å². The van der Waals surface area contributed by atoms with Crippen LogP contribution in [0.5, 0.6) is 0 Å². The SMILES string of the molecule is CCCCC(C(=O)OC)C(=O)C1CCCCC1. The molecule has 1 saturated carbocycles. The van der Waals surface area contributed by atoms with E-state index in [0.717, 1.165) is 38.5 Å². The Labute approximate surface area is 104 Å². The third kappa shape index (κ3) is 4.14. The second kappa shape index (κ2) is 7.46. The first-order valence-corrected chi connectivity index (χ1v) is 6.82. The van der Waals surface area contributed by atoms with Crippen molar-refractivity contribution in [2.24, 2.45) is 11.8 Å². The summed E-state index contributed by atoms with van der Waals surface area (Å²) in [6.45, 7) is 2.07. The molecule has 1 fully saturated rings. The number of hydrogen-bond donors (Lipinski definition) is 0. The minimum absolute atomic E-state index is 0.102. The van der Waals surface area contributed by atoms with Gasteiger partial charge in [0.15, 0.2) is 0 Å². The van der Waals surface area contributed by atoms with Crippen molar-refractivity contribution in [2.75, 3.05) is 7.11 Å². The Morgan fingerprint density at radius 1 is 1.24 bits per heavy atom. The first-order valence-electron chi connectivity index (χ1n) is 6.82. The van der Waals surface area contributed by atoms with Crippen LogP contribution in [0.2, 0.25) is 0 Å². The van der Waals surface area contributed by atoms with Crippen molar-refractivity contribution in [3.05, 3.63) is 0 Å². The van der Waals surface area contributed by atoms with Gasteiger partial charge in [0, 0.05) is 5.92 Å². The Morgan fingerprint density at radius 3 is 2.41 bits per heavy atom. The molecule has 0 amide bonds. The van der Waals surface area contributed by atoms with E-state index in [9.17, 15) is 9.59 Å². The minimum atomic E-state index is -0.511. The molecule has 0 aromatic heterocycles. The summed E-state index contributed by atoms with van der Waals surface area (Å²) >= 11 is 0. The summed E-state index contributed by atoms with van der Waals surface area (Å²) in [7, 11) is 1.37. The van der Waals surface area contributed by atoms with Crippen molar-refractivity contribution in [2.45, 2.75) is 58.3 Å². The van der Waals surface area contributed by atoms with Gasteiger partial charge < -0.3 is 4.74 Å². The lowest BCUT2D eigenvalue weighted by Crippen LogP contribution is -2.32. The average molecular weight is 240 g/mol. The third-order valence-corrected chi connectivity index (χ3v) is 3.68. The van der Waals surface area contributed by atoms with Crippen LogP contribution in [-0.2, 0) is 14.3 Å². The van der Waals surface area contributed by atoms with E-state index >= 15 is 0 Å². The molecule has 98 valence electrons. The van der Waals surface area contributed by atoms with Crippen molar-refractivity contribution in [3.8, 4) is 0 Å². The number of rotatable bonds is 6. The van der Waals surface area contributed by atoms with Crippen LogP contribution in [0, 0.1) is 11.8 Å². The zero-order valence-corrected chi connectivity index (χ0v) is 11.0. The lowest BCUT2D eigenvalue weighted by Gasteiger charge is -2.24. The maximum atomic E-state index is 12.3. The Balaban J connectivity index is 2.60. The summed E-state index contributed by atoms with van der Waals surface area (Å²) in [4.78, 5) is 24.0. The standard InChI is InChI=1S/C14H24O3/c1-3-4-10-12(14(16)17-2)13(15)11-8-6-5-7-9-11/h11-12H,3-10H2,1-2H3. The van der Waals surface area contributed by atoms with Gasteiger partial charge in [-0.15, -0.1) is 0 Å². The summed E-state index contributed by atoms with van der Waals surface area (Å²) in [6.07, 6.45) is 7.96. The van der Waals surface area contributed by atoms with Crippen LogP contribution < -0.4 is 0 Å². The van der Waals surface area contributed by atoms with Crippen LogP contribution in [0.1, 0.15) is 58.3 Å². The molecular weight excluding hydrogens is 216 g/mol. The van der Waals surface area contributed by atoms with Crippen LogP contribution >= 0.6 is 0 Å². The Morgan fingerprint density at radius 2 is 1.88 bits per heavy atom. The van der Waals surface area contributed by atoms with Gasteiger partial charge in [-0.25, -0.2) is 0 Å². The van der Waals surface area contributed by atoms with E-state index in [0.29, 0.717) is 6.42 Å². The maximum absolute atomic E-state index is 12.3. The molecule has 3 heteroatoms. The number of ether oxygens (including phenoxy) is 1. The molecule has 1 aliphatic carbocycles. The van der Waals surface area contributed by atoms with Gasteiger partial charge in [-0.2, -0.15) is 0 Å². The second-order valence-electron chi connectivity index (χ2n) is 4.96. The summed E-state index contributed by atoms with van der Waals surface area (Å²) < 4.78 is 4.76. The monoisotopic (exact) mass is 240 g/mol. The van der Waals surface area contributed by atoms with E-state index in [-0.39, 0.29) is 17.7 Å². The molecule has 0 aliphatic heterocycles. The van der Waals surface area contributed by atoms with Crippen LogP contribution in [0.15, 0.2) is 0 Å². The van der Waals surface area contributed by atoms with Crippen LogP contribution in [0.3, 0.4) is 0 Å². The number of carbonyl (C=O) groups excluding carboxylic acids is 2. The molecule has 3 nitrogen and oxygen atoms in total. The van der Waals surface area contributed by atoms with E-state index in [2.05, 4.69) is 6.92 Å². The van der Waals surface area contributed by atoms with Crippen molar-refractivity contribution in [3.63, 3.8) is 0 Å². The molecule has 0 bridgehead atoms. The predicted octanol–water partition coefficient (Wildman–Crippen LogP) is 3.12. The van der Waals surface area contributed by atoms with Crippen molar-refractivity contribution >= 4 is 11.8 Å². The highest BCUT2D eigenvalue weighted by molar-refractivity contribution is 6.00. The molecule has 0 saturated heterocycles. The van der Waals surface area contributed by atoms with E-state index in [1.165, 1.54) is 13.5 Å². The number of carbonyl (C=O) groups is 2. The molecule has 17 heavy (non-hydrogen) atoms. The summed E-state index contributed by atoms with van der Waals surface area (Å²) in [6, 6.07) is 0. The fraction of sp³-hybridized carbons (Fsp3) is 0.857. The Kier molecular flexibility index (Phi) is 6.23. The van der Waals surface area contributed by atoms with Gasteiger partial charge >= 0.3 is 5.97 Å². The quantitative estimate of drug-likeness (QED) is 0.529. The molecule has 0 heterocycles. The number of methoxy groups -OCH3 is 1. The zero-order valence-electron chi connectivity index (χ0n) is 11.0. The van der Waals surface area contributed by atoms with Crippen LogP contribution in [-0.4, -0.2) is 18.9 Å². The number of esters is 1. The second-order valence-corrected chi connectivity index (χ2v) is 4.96. The largest absolute Gasteiger partial charge is 0.468 e. The molecule has 0 N–H and O–H groups in total. The van der Waals surface area contributed by atoms with Gasteiger partial charge in [0.05, 0.1) is 7.11 Å². The van der Waals surface area contributed by atoms with E-state index < -0.39 is 5.92 Å². The van der Waals surface area contributed by atoms with Crippen molar-refractivity contribution in [1.82, 2.24) is 0 Å². The molecule has 0 aromatic carbocycles. The molecule has 0 spiro atoms. The summed E-state index contributed by atoms with van der Waals surface area (Å²) in [5.41, 5.74) is 0. The number of ketones is 1. The van der Waals surface area contributed by atoms with E-state index in [4.69, 9.17) is 4.74 Å². The number of unbranched alkanes of at least 4 members (excludes halogenated alkanes) is 1. The highest BCUT2D eigenvalue weighted by Gasteiger charge is 2.32. The van der Waals surface area contributed by atoms with Crippen molar-refractivity contribution < 1.29 is 14.3 Å². The molecule has 0 radical (unpaired) electrons. The maximum Gasteiger partial charge on any atom is 0.316 e. The van der Waals surface area contributed by atoms with Gasteiger partial charge in [-0.1, -0.05) is 39.0 Å². The van der Waals surface area contributed by atoms with Gasteiger partial charge in [0.25, 0.3) is 0 Å². The third-order valence-electron chi connectivity index (χ3n) is 3.68. The summed E-state index contributed by atoms with van der Waals surface area (Å²) in [5, 5.41) is 0. The highest BCUT2D eigenvalue weighted by atomic mass is 16.5. The molecule has 1 atom stereocenters. The zero-order chi connectivity index (χ0) is 12.7. The lowest BCUT2D eigenvalue weighted by molar-refractivity contribution is -0.151. The van der Waals surface area contributed by atoms with E-state index in [1.54, 1.807) is 0 Å². The first kappa shape index (κ1) is 14.2. The lowest BCUT2D eigenvalue weighted by atomic mass is 9.80. The fourth-order valence-electron chi connectivity index (χ4n) is 2.60. The first-order chi connectivity index (χ1) is 8.20. The number of hydrogen-bond acceptors (Lipinski definition) is 3. The smallest absolute Gasteiger partial charge is 0.316 e. The predicted molar refractivity (Wildman–Crippen MR) is 66.6 cm³/mol. The molecule has 1 aliphatic rings. The Bertz CT molecular complexity index is 254. The van der Waals surface area contributed by atoms with E-state index in [1.807, 2.05) is 0 Å². The van der Waals surface area contributed by atoms with Crippen LogP contribution in [0.25, 0.3) is 0 Å². The topological polar surface area (TPSA) is 43.4 Å². The Hall–Kier alpha value is -0.860. The van der Waals surface area contributed by atoms with Crippen LogP contribution in [0.4, 0.5) is 0 Å². The van der Waals surface area contributed by atoms with Crippen molar-refractivity contribution in [1.29, 1.82) is 0 Å². The average Bonchev–Trinajstić information content (AvgIpc) is 2.39. The minimum Gasteiger partial charge on any atom is -0.468 e. The molecule has 1 unspecified atom stereocenters. The molecular formula is C14H24O3. The molecule has 1 rings (SSSR count). The highest BCUT2D eigenvalue weighted by Crippen LogP contribution is 2.28.